The van der Waals surface area contributed by atoms with Crippen LogP contribution in [0.1, 0.15) is 5.56 Å². The van der Waals surface area contributed by atoms with E-state index in [4.69, 9.17) is 16.3 Å². The van der Waals surface area contributed by atoms with Gasteiger partial charge in [-0.2, -0.15) is 0 Å². The number of hydrogen-bond acceptors (Lipinski definition) is 3. The largest absolute Gasteiger partial charge is 0.504 e. The molecule has 0 aliphatic rings. The van der Waals surface area contributed by atoms with Crippen LogP contribution in [-0.4, -0.2) is 12.2 Å². The molecule has 0 saturated heterocycles. The third kappa shape index (κ3) is 3.57. The van der Waals surface area contributed by atoms with Gasteiger partial charge >= 0.3 is 0 Å². The molecule has 0 unspecified atom stereocenters. The number of benzene rings is 2. The van der Waals surface area contributed by atoms with E-state index in [-0.39, 0.29) is 28.2 Å². The highest BCUT2D eigenvalue weighted by molar-refractivity contribution is 9.10. The van der Waals surface area contributed by atoms with Gasteiger partial charge in [0, 0.05) is 29.3 Å². The van der Waals surface area contributed by atoms with Crippen molar-refractivity contribution in [3.05, 3.63) is 51.0 Å². The fourth-order valence-electron chi connectivity index (χ4n) is 1.77. The van der Waals surface area contributed by atoms with Crippen LogP contribution in [0, 0.1) is 11.6 Å². The highest BCUT2D eigenvalue weighted by Crippen LogP contribution is 2.34. The van der Waals surface area contributed by atoms with Gasteiger partial charge in [0.05, 0.1) is 17.3 Å². The van der Waals surface area contributed by atoms with Crippen LogP contribution < -0.4 is 10.1 Å². The van der Waals surface area contributed by atoms with Crippen molar-refractivity contribution in [2.45, 2.75) is 6.54 Å². The standard InChI is InChI=1S/C14H11BrClF2NO2/c1-21-13-3-8(16)2-7(14(13)20)6-19-12-5-10(17)9(15)4-11(12)18/h2-5,19-20H,6H2,1H3. The Morgan fingerprint density at radius 3 is 2.62 bits per heavy atom. The Hall–Kier alpha value is -1.53. The second-order valence-corrected chi connectivity index (χ2v) is 5.51. The van der Waals surface area contributed by atoms with Crippen molar-refractivity contribution < 1.29 is 18.6 Å². The normalized spacial score (nSPS) is 10.5. The molecule has 21 heavy (non-hydrogen) atoms. The Labute approximate surface area is 133 Å². The first-order valence-corrected chi connectivity index (χ1v) is 7.03. The van der Waals surface area contributed by atoms with E-state index in [1.54, 1.807) is 0 Å². The maximum Gasteiger partial charge on any atom is 0.162 e. The predicted octanol–water partition coefficient (Wildman–Crippen LogP) is 4.71. The summed E-state index contributed by atoms with van der Waals surface area (Å²) in [6, 6.07) is 5.02. The fraction of sp³-hybridized carbons (Fsp3) is 0.143. The summed E-state index contributed by atoms with van der Waals surface area (Å²) in [5, 5.41) is 13.0. The Kier molecular flexibility index (Phi) is 4.90. The molecule has 0 amide bonds. The molecule has 0 aliphatic heterocycles. The summed E-state index contributed by atoms with van der Waals surface area (Å²) in [6.07, 6.45) is 0. The summed E-state index contributed by atoms with van der Waals surface area (Å²) in [5.74, 6) is -1.10. The van der Waals surface area contributed by atoms with Gasteiger partial charge in [0.15, 0.2) is 11.5 Å². The van der Waals surface area contributed by atoms with E-state index in [9.17, 15) is 13.9 Å². The molecule has 0 saturated carbocycles. The molecule has 0 aromatic heterocycles. The Morgan fingerprint density at radius 2 is 1.95 bits per heavy atom. The Morgan fingerprint density at radius 1 is 1.24 bits per heavy atom. The van der Waals surface area contributed by atoms with Gasteiger partial charge < -0.3 is 15.2 Å². The van der Waals surface area contributed by atoms with Crippen LogP contribution in [0.3, 0.4) is 0 Å². The number of phenols is 1. The van der Waals surface area contributed by atoms with Gasteiger partial charge in [-0.1, -0.05) is 11.6 Å². The smallest absolute Gasteiger partial charge is 0.162 e. The lowest BCUT2D eigenvalue weighted by molar-refractivity contribution is 0.371. The molecule has 0 radical (unpaired) electrons. The third-order valence-electron chi connectivity index (χ3n) is 2.82. The quantitative estimate of drug-likeness (QED) is 0.757. The summed E-state index contributed by atoms with van der Waals surface area (Å²) in [7, 11) is 1.40. The molecule has 0 atom stereocenters. The number of phenolic OH excluding ortho intramolecular Hbond substituents is 1. The topological polar surface area (TPSA) is 41.5 Å². The van der Waals surface area contributed by atoms with Crippen LogP contribution in [0.25, 0.3) is 0 Å². The monoisotopic (exact) mass is 377 g/mol. The van der Waals surface area contributed by atoms with Gasteiger partial charge in [-0.3, -0.25) is 0 Å². The average Bonchev–Trinajstić information content (AvgIpc) is 2.44. The zero-order chi connectivity index (χ0) is 15.6. The van der Waals surface area contributed by atoms with Gasteiger partial charge in [-0.15, -0.1) is 0 Å². The van der Waals surface area contributed by atoms with Crippen molar-refractivity contribution in [2.75, 3.05) is 12.4 Å². The molecule has 7 heteroatoms. The van der Waals surface area contributed by atoms with Gasteiger partial charge in [0.2, 0.25) is 0 Å². The molecule has 3 nitrogen and oxygen atoms in total. The van der Waals surface area contributed by atoms with Crippen molar-refractivity contribution >= 4 is 33.2 Å². The van der Waals surface area contributed by atoms with E-state index in [1.807, 2.05) is 0 Å². The van der Waals surface area contributed by atoms with Crippen molar-refractivity contribution in [1.29, 1.82) is 0 Å². The lowest BCUT2D eigenvalue weighted by Gasteiger charge is -2.12. The van der Waals surface area contributed by atoms with Crippen LogP contribution >= 0.6 is 27.5 Å². The van der Waals surface area contributed by atoms with Gasteiger partial charge in [0.1, 0.15) is 11.6 Å². The predicted molar refractivity (Wildman–Crippen MR) is 81.1 cm³/mol. The Balaban J connectivity index is 2.24. The first kappa shape index (κ1) is 15.9. The zero-order valence-corrected chi connectivity index (χ0v) is 13.2. The van der Waals surface area contributed by atoms with E-state index in [0.29, 0.717) is 10.6 Å². The highest BCUT2D eigenvalue weighted by Gasteiger charge is 2.12. The van der Waals surface area contributed by atoms with Crippen LogP contribution in [-0.2, 0) is 6.54 Å². The van der Waals surface area contributed by atoms with E-state index in [1.165, 1.54) is 19.2 Å². The molecule has 0 fully saturated rings. The maximum atomic E-state index is 13.7. The van der Waals surface area contributed by atoms with Crippen LogP contribution in [0.15, 0.2) is 28.7 Å². The molecular formula is C14H11BrClF2NO2. The van der Waals surface area contributed by atoms with Gasteiger partial charge in [-0.25, -0.2) is 8.78 Å². The minimum Gasteiger partial charge on any atom is -0.504 e. The first-order valence-electron chi connectivity index (χ1n) is 5.86. The van der Waals surface area contributed by atoms with Crippen molar-refractivity contribution in [3.8, 4) is 11.5 Å². The number of ether oxygens (including phenoxy) is 1. The SMILES string of the molecule is COc1cc(Cl)cc(CNc2cc(F)c(Br)cc2F)c1O. The minimum absolute atomic E-state index is 0.0194. The van der Waals surface area contributed by atoms with Crippen LogP contribution in [0.4, 0.5) is 14.5 Å². The average molecular weight is 379 g/mol. The second kappa shape index (κ2) is 6.49. The first-order chi connectivity index (χ1) is 9.92. The molecule has 0 heterocycles. The lowest BCUT2D eigenvalue weighted by Crippen LogP contribution is -2.03. The number of anilines is 1. The van der Waals surface area contributed by atoms with E-state index >= 15 is 0 Å². The molecule has 2 N–H and O–H groups in total. The van der Waals surface area contributed by atoms with Crippen LogP contribution in [0.5, 0.6) is 11.5 Å². The van der Waals surface area contributed by atoms with Crippen molar-refractivity contribution in [1.82, 2.24) is 0 Å². The number of hydrogen-bond donors (Lipinski definition) is 2. The molecular weight excluding hydrogens is 368 g/mol. The number of nitrogens with one attached hydrogen (secondary N) is 1. The number of methoxy groups -OCH3 is 1. The molecule has 2 rings (SSSR count). The number of aromatic hydroxyl groups is 1. The summed E-state index contributed by atoms with van der Waals surface area (Å²) < 4.78 is 32.1. The number of halogens is 4. The Bertz CT molecular complexity index is 683. The zero-order valence-electron chi connectivity index (χ0n) is 10.9. The molecule has 2 aromatic rings. The lowest BCUT2D eigenvalue weighted by atomic mass is 10.1. The minimum atomic E-state index is -0.614. The number of rotatable bonds is 4. The van der Waals surface area contributed by atoms with Gasteiger partial charge in [-0.05, 0) is 28.1 Å². The fourth-order valence-corrected chi connectivity index (χ4v) is 2.31. The molecule has 2 aromatic carbocycles. The van der Waals surface area contributed by atoms with Crippen molar-refractivity contribution in [3.63, 3.8) is 0 Å². The molecule has 0 bridgehead atoms. The maximum absolute atomic E-state index is 13.7. The molecule has 112 valence electrons. The second-order valence-electron chi connectivity index (χ2n) is 4.22. The summed E-state index contributed by atoms with van der Waals surface area (Å²) in [4.78, 5) is 0. The van der Waals surface area contributed by atoms with E-state index < -0.39 is 11.6 Å². The van der Waals surface area contributed by atoms with Crippen LogP contribution in [0.2, 0.25) is 5.02 Å². The van der Waals surface area contributed by atoms with E-state index in [0.717, 1.165) is 12.1 Å². The summed E-state index contributed by atoms with van der Waals surface area (Å²) in [6.45, 7) is 0.0563. The summed E-state index contributed by atoms with van der Waals surface area (Å²) >= 11 is 8.80. The van der Waals surface area contributed by atoms with Crippen molar-refractivity contribution in [2.24, 2.45) is 0 Å². The summed E-state index contributed by atoms with van der Waals surface area (Å²) in [5.41, 5.74) is 0.385. The van der Waals surface area contributed by atoms with E-state index in [2.05, 4.69) is 21.2 Å². The molecule has 0 spiro atoms. The highest BCUT2D eigenvalue weighted by atomic mass is 79.9. The molecule has 0 aliphatic carbocycles. The van der Waals surface area contributed by atoms with Gasteiger partial charge in [0.25, 0.3) is 0 Å². The third-order valence-corrected chi connectivity index (χ3v) is 3.64.